The van der Waals surface area contributed by atoms with Crippen LogP contribution >= 0.6 is 0 Å². The summed E-state index contributed by atoms with van der Waals surface area (Å²) in [5.41, 5.74) is 7.52. The predicted octanol–water partition coefficient (Wildman–Crippen LogP) is 0.965. The Morgan fingerprint density at radius 3 is 2.76 bits per heavy atom. The molecule has 1 unspecified atom stereocenters. The predicted molar refractivity (Wildman–Crippen MR) is 123 cm³/mol. The molecule has 0 aliphatic carbocycles. The molecule has 2 fully saturated rings. The van der Waals surface area contributed by atoms with Crippen molar-refractivity contribution in [1.29, 1.82) is 0 Å². The number of fused-ring (bicyclic) bond motifs is 1. The summed E-state index contributed by atoms with van der Waals surface area (Å²) in [5.74, 6) is -0.949. The number of nitrogens with two attached hydrogens (primary N) is 1. The summed E-state index contributed by atoms with van der Waals surface area (Å²) in [6.07, 6.45) is 6.55. The van der Waals surface area contributed by atoms with Gasteiger partial charge in [-0.2, -0.15) is 0 Å². The van der Waals surface area contributed by atoms with Gasteiger partial charge in [0.15, 0.2) is 17.3 Å². The Hall–Kier alpha value is -3.35. The minimum atomic E-state index is -0.585. The lowest BCUT2D eigenvalue weighted by Gasteiger charge is -2.40. The van der Waals surface area contributed by atoms with Gasteiger partial charge in [-0.1, -0.05) is 0 Å². The second-order valence-electron chi connectivity index (χ2n) is 8.53. The summed E-state index contributed by atoms with van der Waals surface area (Å²) in [6.45, 7) is 4.26. The van der Waals surface area contributed by atoms with E-state index in [1.54, 1.807) is 12.4 Å². The second-order valence-corrected chi connectivity index (χ2v) is 8.53. The number of amides is 1. The zero-order chi connectivity index (χ0) is 23.7. The van der Waals surface area contributed by atoms with Crippen molar-refractivity contribution in [3.05, 3.63) is 42.2 Å². The van der Waals surface area contributed by atoms with Crippen LogP contribution in [0.4, 0.5) is 21.6 Å². The number of carbonyl (C=O) groups excluding carboxylic acids is 1. The highest BCUT2D eigenvalue weighted by Crippen LogP contribution is 2.31. The lowest BCUT2D eigenvalue weighted by Crippen LogP contribution is -2.49. The Labute approximate surface area is 195 Å². The fourth-order valence-corrected chi connectivity index (χ4v) is 4.67. The summed E-state index contributed by atoms with van der Waals surface area (Å²) < 4.78 is 20.0. The van der Waals surface area contributed by atoms with Gasteiger partial charge in [0.05, 0.1) is 43.2 Å². The summed E-state index contributed by atoms with van der Waals surface area (Å²) in [4.78, 5) is 25.5. The molecule has 2 aliphatic rings. The van der Waals surface area contributed by atoms with Gasteiger partial charge in [0, 0.05) is 38.3 Å². The van der Waals surface area contributed by atoms with E-state index in [2.05, 4.69) is 30.2 Å². The maximum absolute atomic E-state index is 13.5. The topological polar surface area (TPSA) is 134 Å². The number of hydrogen-bond acceptors (Lipinski definition) is 9. The number of nitrogens with zero attached hydrogens (tertiary/aromatic N) is 6. The summed E-state index contributed by atoms with van der Waals surface area (Å²) in [6, 6.07) is 1.85. The number of rotatable bonds is 5. The van der Waals surface area contributed by atoms with E-state index in [1.165, 1.54) is 0 Å². The van der Waals surface area contributed by atoms with E-state index in [9.17, 15) is 14.3 Å². The highest BCUT2D eigenvalue weighted by Gasteiger charge is 2.31. The van der Waals surface area contributed by atoms with Crippen molar-refractivity contribution in [3.8, 4) is 0 Å². The number of pyridine rings is 1. The van der Waals surface area contributed by atoms with Gasteiger partial charge in [-0.05, 0) is 18.9 Å². The van der Waals surface area contributed by atoms with Crippen molar-refractivity contribution in [2.45, 2.75) is 19.1 Å². The Bertz CT molecular complexity index is 1170. The molecule has 0 aromatic carbocycles. The van der Waals surface area contributed by atoms with Crippen LogP contribution in [0.2, 0.25) is 0 Å². The Morgan fingerprint density at radius 2 is 2.00 bits per heavy atom. The molecule has 180 valence electrons. The summed E-state index contributed by atoms with van der Waals surface area (Å²) >= 11 is 0. The first kappa shape index (κ1) is 22.4. The fourth-order valence-electron chi connectivity index (χ4n) is 4.67. The van der Waals surface area contributed by atoms with E-state index in [0.29, 0.717) is 18.9 Å². The third-order valence-corrected chi connectivity index (χ3v) is 6.46. The first-order chi connectivity index (χ1) is 16.5. The van der Waals surface area contributed by atoms with E-state index in [4.69, 9.17) is 10.5 Å². The Kier molecular flexibility index (Phi) is 6.26. The fraction of sp³-hybridized carbons (Fsp3) is 0.455. The SMILES string of the molecule is Nc1nn2cc(F)cnc2c1C(=O)Nc1cnccc1N1CCC(C(O)N2CCOCC2)CC1. The van der Waals surface area contributed by atoms with E-state index < -0.39 is 18.0 Å². The number of morpholine rings is 1. The van der Waals surface area contributed by atoms with Crippen LogP contribution in [0.15, 0.2) is 30.9 Å². The van der Waals surface area contributed by atoms with Crippen LogP contribution in [-0.4, -0.2) is 81.1 Å². The zero-order valence-corrected chi connectivity index (χ0v) is 18.6. The summed E-state index contributed by atoms with van der Waals surface area (Å²) in [5, 5.41) is 17.6. The number of halogens is 1. The highest BCUT2D eigenvalue weighted by atomic mass is 19.1. The molecule has 1 atom stereocenters. The molecule has 0 radical (unpaired) electrons. The Morgan fingerprint density at radius 1 is 1.24 bits per heavy atom. The molecule has 0 saturated carbocycles. The van der Waals surface area contributed by atoms with Crippen LogP contribution in [0.25, 0.3) is 5.65 Å². The quantitative estimate of drug-likeness (QED) is 0.498. The van der Waals surface area contributed by atoms with Crippen molar-refractivity contribution < 1.29 is 19.0 Å². The molecule has 5 heterocycles. The van der Waals surface area contributed by atoms with Gasteiger partial charge >= 0.3 is 0 Å². The number of ether oxygens (including phenoxy) is 1. The molecule has 3 aromatic rings. The van der Waals surface area contributed by atoms with Crippen molar-refractivity contribution in [3.63, 3.8) is 0 Å². The first-order valence-corrected chi connectivity index (χ1v) is 11.3. The van der Waals surface area contributed by atoms with Crippen LogP contribution in [-0.2, 0) is 4.74 Å². The number of carbonyl (C=O) groups is 1. The molecule has 1 amide bonds. The number of aliphatic hydroxyl groups excluding tert-OH is 1. The molecular formula is C22H27FN8O3. The lowest BCUT2D eigenvalue weighted by atomic mass is 9.93. The molecule has 5 rings (SSSR count). The van der Waals surface area contributed by atoms with E-state index in [1.807, 2.05) is 6.07 Å². The maximum Gasteiger partial charge on any atom is 0.263 e. The van der Waals surface area contributed by atoms with Gasteiger partial charge in [0.25, 0.3) is 5.91 Å². The molecular weight excluding hydrogens is 443 g/mol. The molecule has 12 heteroatoms. The van der Waals surface area contributed by atoms with Crippen LogP contribution in [0, 0.1) is 11.7 Å². The normalized spacial score (nSPS) is 18.8. The average molecular weight is 471 g/mol. The lowest BCUT2D eigenvalue weighted by molar-refractivity contribution is -0.0896. The molecule has 2 aliphatic heterocycles. The standard InChI is InChI=1S/C22H27FN8O3/c23-15-11-26-20-18(19(24)28-31(20)13-15)21(32)27-16-12-25-4-1-17(16)29-5-2-14(3-6-29)22(33)30-7-9-34-10-8-30/h1,4,11-14,22,33H,2-3,5-10H2,(H2,24,28)(H,27,32). The number of hydrogen-bond donors (Lipinski definition) is 3. The number of nitrogen functional groups attached to an aromatic ring is 1. The van der Waals surface area contributed by atoms with E-state index >= 15 is 0 Å². The number of nitrogens with one attached hydrogen (secondary N) is 1. The molecule has 34 heavy (non-hydrogen) atoms. The minimum Gasteiger partial charge on any atom is -0.381 e. The van der Waals surface area contributed by atoms with Crippen molar-refractivity contribution in [2.75, 3.05) is 55.3 Å². The van der Waals surface area contributed by atoms with Crippen LogP contribution in [0.1, 0.15) is 23.2 Å². The number of anilines is 3. The van der Waals surface area contributed by atoms with Crippen molar-refractivity contribution >= 4 is 28.7 Å². The second kappa shape index (κ2) is 9.49. The monoisotopic (exact) mass is 470 g/mol. The van der Waals surface area contributed by atoms with Gasteiger partial charge in [0.1, 0.15) is 11.8 Å². The number of piperidine rings is 1. The van der Waals surface area contributed by atoms with Gasteiger partial charge in [-0.15, -0.1) is 5.10 Å². The van der Waals surface area contributed by atoms with Gasteiger partial charge in [0.2, 0.25) is 0 Å². The average Bonchev–Trinajstić information content (AvgIpc) is 3.19. The maximum atomic E-state index is 13.5. The number of aliphatic hydroxyl groups is 1. The number of aromatic nitrogens is 4. The van der Waals surface area contributed by atoms with Crippen LogP contribution < -0.4 is 16.0 Å². The van der Waals surface area contributed by atoms with Gasteiger partial charge in [-0.25, -0.2) is 13.9 Å². The molecule has 0 bridgehead atoms. The largest absolute Gasteiger partial charge is 0.381 e. The smallest absolute Gasteiger partial charge is 0.263 e. The van der Waals surface area contributed by atoms with Crippen LogP contribution in [0.5, 0.6) is 0 Å². The van der Waals surface area contributed by atoms with E-state index in [0.717, 1.165) is 61.6 Å². The van der Waals surface area contributed by atoms with Crippen molar-refractivity contribution in [1.82, 2.24) is 24.5 Å². The zero-order valence-electron chi connectivity index (χ0n) is 18.6. The molecule has 2 saturated heterocycles. The molecule has 3 aromatic heterocycles. The first-order valence-electron chi connectivity index (χ1n) is 11.3. The van der Waals surface area contributed by atoms with Gasteiger partial charge < -0.3 is 25.8 Å². The minimum absolute atomic E-state index is 0.0426. The molecule has 11 nitrogen and oxygen atoms in total. The van der Waals surface area contributed by atoms with Crippen LogP contribution in [0.3, 0.4) is 0 Å². The molecule has 4 N–H and O–H groups in total. The summed E-state index contributed by atoms with van der Waals surface area (Å²) in [7, 11) is 0. The molecule has 0 spiro atoms. The van der Waals surface area contributed by atoms with E-state index in [-0.39, 0.29) is 22.9 Å². The Balaban J connectivity index is 1.29. The highest BCUT2D eigenvalue weighted by molar-refractivity contribution is 6.12. The van der Waals surface area contributed by atoms with Crippen molar-refractivity contribution in [2.24, 2.45) is 5.92 Å². The van der Waals surface area contributed by atoms with Gasteiger partial charge in [-0.3, -0.25) is 14.7 Å². The third-order valence-electron chi connectivity index (χ3n) is 6.46. The third kappa shape index (κ3) is 4.39.